The molecule has 0 saturated carbocycles. The molecule has 2 N–H and O–H groups in total. The summed E-state index contributed by atoms with van der Waals surface area (Å²) in [6.45, 7) is 6.40. The number of thiazole rings is 1. The summed E-state index contributed by atoms with van der Waals surface area (Å²) in [5.41, 5.74) is 2.35. The first-order valence-electron chi connectivity index (χ1n) is 12.3. The van der Waals surface area contributed by atoms with Crippen LogP contribution in [0, 0.1) is 5.41 Å². The molecule has 11 nitrogen and oxygen atoms in total. The number of carboxylic acids is 1. The van der Waals surface area contributed by atoms with Crippen LogP contribution in [0.4, 0.5) is 15.9 Å². The minimum Gasteiger partial charge on any atom is -0.481 e. The first-order chi connectivity index (χ1) is 17.7. The van der Waals surface area contributed by atoms with E-state index in [4.69, 9.17) is 4.98 Å². The second-order valence-corrected chi connectivity index (χ2v) is 10.9. The average Bonchev–Trinajstić information content (AvgIpc) is 3.34. The Morgan fingerprint density at radius 1 is 1.14 bits per heavy atom. The average molecular weight is 526 g/mol. The first-order valence-corrected chi connectivity index (χ1v) is 13.1. The highest BCUT2D eigenvalue weighted by atomic mass is 32.1. The first kappa shape index (κ1) is 25.3. The topological polar surface area (TPSA) is 126 Å². The molecular weight excluding hydrogens is 494 g/mol. The zero-order valence-electron chi connectivity index (χ0n) is 21.2. The summed E-state index contributed by atoms with van der Waals surface area (Å²) >= 11 is 1.40. The Morgan fingerprint density at radius 3 is 2.46 bits per heavy atom. The van der Waals surface area contributed by atoms with Crippen molar-refractivity contribution in [1.82, 2.24) is 24.8 Å². The number of aliphatic hydroxyl groups is 1. The number of urea groups is 1. The number of amides is 2. The van der Waals surface area contributed by atoms with E-state index in [0.717, 1.165) is 21.4 Å². The fourth-order valence-corrected chi connectivity index (χ4v) is 5.82. The molecule has 1 aromatic carbocycles. The van der Waals surface area contributed by atoms with Gasteiger partial charge in [0.2, 0.25) is 5.95 Å². The number of benzene rings is 1. The lowest BCUT2D eigenvalue weighted by molar-refractivity contribution is -0.149. The lowest BCUT2D eigenvalue weighted by Gasteiger charge is -2.38. The number of aliphatic hydroxyl groups excluding tert-OH is 1. The van der Waals surface area contributed by atoms with Crippen LogP contribution in [0.2, 0.25) is 0 Å². The second kappa shape index (κ2) is 9.84. The van der Waals surface area contributed by atoms with Crippen LogP contribution in [0.3, 0.4) is 0 Å². The summed E-state index contributed by atoms with van der Waals surface area (Å²) in [5, 5.41) is 20.2. The number of aromatic nitrogens is 3. The number of hydrogen-bond donors (Lipinski definition) is 2. The van der Waals surface area contributed by atoms with Gasteiger partial charge in [-0.25, -0.2) is 19.7 Å². The number of fused-ring (bicyclic) bond motifs is 1. The maximum Gasteiger partial charge on any atom is 0.328 e. The van der Waals surface area contributed by atoms with Crippen molar-refractivity contribution in [2.45, 2.75) is 33.3 Å². The monoisotopic (exact) mass is 525 g/mol. The lowest BCUT2D eigenvalue weighted by Crippen LogP contribution is -2.56. The number of hydrogen-bond acceptors (Lipinski definition) is 9. The van der Waals surface area contributed by atoms with Crippen LogP contribution in [-0.2, 0) is 11.4 Å². The molecule has 0 unspecified atom stereocenters. The molecule has 196 valence electrons. The number of piperidine rings is 1. The van der Waals surface area contributed by atoms with E-state index in [2.05, 4.69) is 14.9 Å². The summed E-state index contributed by atoms with van der Waals surface area (Å²) in [4.78, 5) is 45.8. The van der Waals surface area contributed by atoms with Crippen molar-refractivity contribution in [3.8, 4) is 11.1 Å². The number of carbonyl (C=O) groups excluding carboxylic acids is 1. The summed E-state index contributed by atoms with van der Waals surface area (Å²) in [5.74, 6) is -0.188. The normalized spacial score (nSPS) is 18.6. The molecule has 0 spiro atoms. The molecule has 4 heterocycles. The molecule has 0 bridgehead atoms. The molecule has 2 saturated heterocycles. The minimum atomic E-state index is -0.761. The molecule has 2 fully saturated rings. The summed E-state index contributed by atoms with van der Waals surface area (Å²) in [6, 6.07) is 3.77. The van der Waals surface area contributed by atoms with Crippen LogP contribution in [0.15, 0.2) is 24.5 Å². The van der Waals surface area contributed by atoms with Gasteiger partial charge in [-0.3, -0.25) is 14.6 Å². The number of anilines is 2. The van der Waals surface area contributed by atoms with Crippen molar-refractivity contribution in [3.05, 3.63) is 30.1 Å². The van der Waals surface area contributed by atoms with E-state index in [9.17, 15) is 19.8 Å². The summed E-state index contributed by atoms with van der Waals surface area (Å²) in [7, 11) is 1.96. The van der Waals surface area contributed by atoms with Crippen molar-refractivity contribution in [2.24, 2.45) is 5.41 Å². The van der Waals surface area contributed by atoms with E-state index in [1.807, 2.05) is 31.0 Å². The molecule has 0 aliphatic carbocycles. The Kier molecular flexibility index (Phi) is 6.73. The van der Waals surface area contributed by atoms with Crippen molar-refractivity contribution >= 4 is 44.6 Å². The number of carbonyl (C=O) groups is 2. The summed E-state index contributed by atoms with van der Waals surface area (Å²) < 4.78 is 0.845. The van der Waals surface area contributed by atoms with Gasteiger partial charge in [0.25, 0.3) is 0 Å². The zero-order chi connectivity index (χ0) is 26.3. The third-order valence-corrected chi connectivity index (χ3v) is 8.44. The molecule has 2 amide bonds. The molecule has 0 atom stereocenters. The van der Waals surface area contributed by atoms with Gasteiger partial charge in [0.1, 0.15) is 0 Å². The Hall–Kier alpha value is -3.35. The van der Waals surface area contributed by atoms with Crippen LogP contribution >= 0.6 is 11.3 Å². The van der Waals surface area contributed by atoms with Gasteiger partial charge in [0.15, 0.2) is 5.13 Å². The quantitative estimate of drug-likeness (QED) is 0.499. The van der Waals surface area contributed by atoms with E-state index in [-0.39, 0.29) is 12.6 Å². The fourth-order valence-electron chi connectivity index (χ4n) is 4.78. The standard InChI is InChI=1S/C25H31N7O4S/c1-4-30-14-29(3)15-32(24(30)36)23-28-19-10-16(9-17(13-33)20(19)37-23)18-11-26-22(27-12-18)31-7-5-25(2,6-8-31)21(34)35/h9-12,33H,4-8,13-15H2,1-3H3,(H,34,35). The minimum absolute atomic E-state index is 0.0733. The third-order valence-electron chi connectivity index (χ3n) is 7.27. The van der Waals surface area contributed by atoms with Gasteiger partial charge in [0, 0.05) is 37.6 Å². The van der Waals surface area contributed by atoms with Gasteiger partial charge in [-0.05, 0) is 57.0 Å². The number of nitrogens with zero attached hydrogens (tertiary/aromatic N) is 7. The van der Waals surface area contributed by atoms with E-state index < -0.39 is 11.4 Å². The largest absolute Gasteiger partial charge is 0.481 e. The van der Waals surface area contributed by atoms with Crippen LogP contribution in [-0.4, -0.2) is 87.0 Å². The highest BCUT2D eigenvalue weighted by Crippen LogP contribution is 2.36. The molecule has 3 aromatic rings. The highest BCUT2D eigenvalue weighted by Gasteiger charge is 2.37. The zero-order valence-corrected chi connectivity index (χ0v) is 22.0. The molecular formula is C25H31N7O4S. The van der Waals surface area contributed by atoms with Gasteiger partial charge in [-0.2, -0.15) is 0 Å². The maximum absolute atomic E-state index is 12.9. The molecule has 2 aromatic heterocycles. The SMILES string of the molecule is CCN1CN(C)CN(c2nc3cc(-c4cnc(N5CCC(C)(C(=O)O)CC5)nc4)cc(CO)c3s2)C1=O. The van der Waals surface area contributed by atoms with Crippen molar-refractivity contribution < 1.29 is 19.8 Å². The van der Waals surface area contributed by atoms with E-state index in [1.54, 1.807) is 29.1 Å². The summed E-state index contributed by atoms with van der Waals surface area (Å²) in [6.07, 6.45) is 4.57. The van der Waals surface area contributed by atoms with Gasteiger partial charge in [-0.15, -0.1) is 0 Å². The molecule has 5 rings (SSSR count). The second-order valence-electron chi connectivity index (χ2n) is 9.97. The molecule has 0 radical (unpaired) electrons. The van der Waals surface area contributed by atoms with E-state index in [0.29, 0.717) is 62.4 Å². The smallest absolute Gasteiger partial charge is 0.328 e. The Balaban J connectivity index is 1.40. The lowest BCUT2D eigenvalue weighted by atomic mass is 9.80. The Bertz CT molecular complexity index is 1320. The van der Waals surface area contributed by atoms with Crippen LogP contribution < -0.4 is 9.80 Å². The van der Waals surface area contributed by atoms with Crippen LogP contribution in [0.25, 0.3) is 21.3 Å². The van der Waals surface area contributed by atoms with Gasteiger partial charge in [0.05, 0.1) is 35.6 Å². The van der Waals surface area contributed by atoms with Crippen molar-refractivity contribution in [3.63, 3.8) is 0 Å². The number of rotatable bonds is 6. The predicted octanol–water partition coefficient (Wildman–Crippen LogP) is 3.05. The predicted molar refractivity (Wildman–Crippen MR) is 142 cm³/mol. The van der Waals surface area contributed by atoms with Gasteiger partial charge in [-0.1, -0.05) is 11.3 Å². The van der Waals surface area contributed by atoms with Crippen LogP contribution in [0.1, 0.15) is 32.3 Å². The molecule has 2 aliphatic rings. The molecule has 37 heavy (non-hydrogen) atoms. The maximum atomic E-state index is 12.9. The van der Waals surface area contributed by atoms with Crippen molar-refractivity contribution in [1.29, 1.82) is 0 Å². The third kappa shape index (κ3) is 4.72. The molecule has 12 heteroatoms. The van der Waals surface area contributed by atoms with Crippen molar-refractivity contribution in [2.75, 3.05) is 49.8 Å². The van der Waals surface area contributed by atoms with Gasteiger partial charge >= 0.3 is 12.0 Å². The van der Waals surface area contributed by atoms with Gasteiger partial charge < -0.3 is 20.0 Å². The number of aliphatic carboxylic acids is 1. The highest BCUT2D eigenvalue weighted by molar-refractivity contribution is 7.22. The Morgan fingerprint density at radius 2 is 1.84 bits per heavy atom. The van der Waals surface area contributed by atoms with E-state index in [1.165, 1.54) is 11.3 Å². The number of carboxylic acid groups (broad SMARTS) is 1. The Labute approximate surface area is 219 Å². The molecule has 2 aliphatic heterocycles. The van der Waals surface area contributed by atoms with Crippen LogP contribution in [0.5, 0.6) is 0 Å². The van der Waals surface area contributed by atoms with E-state index >= 15 is 0 Å². The fraction of sp³-hybridized carbons (Fsp3) is 0.480.